The van der Waals surface area contributed by atoms with Gasteiger partial charge in [0.1, 0.15) is 23.4 Å². The average Bonchev–Trinajstić information content (AvgIpc) is 2.89. The van der Waals surface area contributed by atoms with Crippen LogP contribution in [0.5, 0.6) is 5.75 Å². The van der Waals surface area contributed by atoms with Crippen molar-refractivity contribution in [1.29, 1.82) is 0 Å². The van der Waals surface area contributed by atoms with E-state index in [0.29, 0.717) is 11.1 Å². The zero-order chi connectivity index (χ0) is 30.2. The second-order valence-corrected chi connectivity index (χ2v) is 11.9. The number of carbonyl (C=O) groups excluding carboxylic acids is 3. The monoisotopic (exact) mass is 567 g/mol. The van der Waals surface area contributed by atoms with Crippen LogP contribution in [0.1, 0.15) is 81.2 Å². The zero-order valence-corrected chi connectivity index (χ0v) is 24.9. The Balaban J connectivity index is 2.02. The van der Waals surface area contributed by atoms with Gasteiger partial charge in [0.2, 0.25) is 11.8 Å². The van der Waals surface area contributed by atoms with Crippen molar-refractivity contribution in [2.45, 2.75) is 96.9 Å². The minimum Gasteiger partial charge on any atom is -0.508 e. The topological polar surface area (TPSA) is 128 Å². The van der Waals surface area contributed by atoms with Gasteiger partial charge in [-0.15, -0.1) is 0 Å². The maximum absolute atomic E-state index is 14.3. The van der Waals surface area contributed by atoms with Gasteiger partial charge in [0, 0.05) is 19.0 Å². The third-order valence-electron chi connectivity index (χ3n) is 7.22. The molecule has 4 N–H and O–H groups in total. The number of rotatable bonds is 10. The first-order chi connectivity index (χ1) is 19.4. The third-order valence-corrected chi connectivity index (χ3v) is 7.22. The van der Waals surface area contributed by atoms with Crippen LogP contribution in [0.15, 0.2) is 42.5 Å². The fourth-order valence-electron chi connectivity index (χ4n) is 5.30. The Hall–Kier alpha value is -3.59. The summed E-state index contributed by atoms with van der Waals surface area (Å²) in [6, 6.07) is 9.96. The number of aromatic hydroxyl groups is 1. The first-order valence-electron chi connectivity index (χ1n) is 14.4. The first kappa shape index (κ1) is 31.9. The molecule has 2 aromatic carbocycles. The number of nitrogens with zero attached hydrogens (tertiary/aromatic N) is 1. The number of ether oxygens (including phenoxy) is 1. The number of phenolic OH excluding ortho intramolecular Hbond substituents is 1. The number of carbonyl (C=O) groups is 3. The molecule has 1 fully saturated rings. The Kier molecular flexibility index (Phi) is 11.2. The number of aliphatic hydroxyl groups is 1. The van der Waals surface area contributed by atoms with Crippen molar-refractivity contribution in [1.82, 2.24) is 15.5 Å². The van der Waals surface area contributed by atoms with Gasteiger partial charge in [-0.3, -0.25) is 9.59 Å². The summed E-state index contributed by atoms with van der Waals surface area (Å²) in [4.78, 5) is 42.5. The van der Waals surface area contributed by atoms with Crippen molar-refractivity contribution in [2.24, 2.45) is 0 Å². The molecule has 1 aliphatic carbocycles. The fourth-order valence-corrected chi connectivity index (χ4v) is 5.30. The molecule has 9 heteroatoms. The molecule has 2 aromatic rings. The highest BCUT2D eigenvalue weighted by Gasteiger charge is 2.37. The molecule has 224 valence electrons. The zero-order valence-electron chi connectivity index (χ0n) is 24.9. The number of amides is 3. The van der Waals surface area contributed by atoms with Crippen molar-refractivity contribution >= 4 is 17.9 Å². The molecule has 0 bridgehead atoms. The maximum atomic E-state index is 14.3. The van der Waals surface area contributed by atoms with E-state index in [9.17, 15) is 24.6 Å². The lowest BCUT2D eigenvalue weighted by Gasteiger charge is -2.36. The summed E-state index contributed by atoms with van der Waals surface area (Å²) in [5, 5.41) is 25.7. The largest absolute Gasteiger partial charge is 0.508 e. The van der Waals surface area contributed by atoms with Crippen molar-refractivity contribution in [3.63, 3.8) is 0 Å². The van der Waals surface area contributed by atoms with Crippen LogP contribution in [-0.2, 0) is 20.7 Å². The molecule has 1 aliphatic rings. The van der Waals surface area contributed by atoms with Crippen LogP contribution in [0.4, 0.5) is 4.79 Å². The standard InChI is InChI=1S/C32H45N3O6/c1-21-11-16-26(22(2)19-21)28(29(38)33-24-9-7-6-8-10-24)35(17-18-36)30(39)27(34-31(40)41-32(3,4)5)20-23-12-14-25(37)15-13-23/h11-16,19,24,27-28,36-37H,6-10,17-18,20H2,1-5H3,(H,33,38)(H,34,40). The van der Waals surface area contributed by atoms with Gasteiger partial charge in [0.15, 0.2) is 0 Å². The van der Waals surface area contributed by atoms with Crippen molar-refractivity contribution in [2.75, 3.05) is 13.2 Å². The summed E-state index contributed by atoms with van der Waals surface area (Å²) in [6.07, 6.45) is 4.28. The van der Waals surface area contributed by atoms with E-state index in [4.69, 9.17) is 4.74 Å². The summed E-state index contributed by atoms with van der Waals surface area (Å²) in [7, 11) is 0. The van der Waals surface area contributed by atoms with Crippen LogP contribution in [0.2, 0.25) is 0 Å². The molecule has 0 saturated heterocycles. The lowest BCUT2D eigenvalue weighted by Crippen LogP contribution is -2.55. The number of benzene rings is 2. The van der Waals surface area contributed by atoms with E-state index < -0.39 is 29.7 Å². The van der Waals surface area contributed by atoms with Crippen molar-refractivity contribution in [3.05, 3.63) is 64.7 Å². The van der Waals surface area contributed by atoms with E-state index >= 15 is 0 Å². The van der Waals surface area contributed by atoms with E-state index in [0.717, 1.165) is 43.2 Å². The van der Waals surface area contributed by atoms with Gasteiger partial charge < -0.3 is 30.5 Å². The highest BCUT2D eigenvalue weighted by atomic mass is 16.6. The van der Waals surface area contributed by atoms with E-state index in [-0.39, 0.29) is 37.3 Å². The van der Waals surface area contributed by atoms with Crippen LogP contribution in [-0.4, -0.2) is 63.9 Å². The number of hydrogen-bond acceptors (Lipinski definition) is 6. The van der Waals surface area contributed by atoms with Crippen LogP contribution < -0.4 is 10.6 Å². The summed E-state index contributed by atoms with van der Waals surface area (Å²) < 4.78 is 5.45. The number of aryl methyl sites for hydroxylation is 2. The maximum Gasteiger partial charge on any atom is 0.408 e. The lowest BCUT2D eigenvalue weighted by atomic mass is 9.93. The first-order valence-corrected chi connectivity index (χ1v) is 14.4. The van der Waals surface area contributed by atoms with Crippen molar-refractivity contribution < 1.29 is 29.3 Å². The summed E-state index contributed by atoms with van der Waals surface area (Å²) in [6.45, 7) is 8.56. The molecule has 0 radical (unpaired) electrons. The predicted molar refractivity (Wildman–Crippen MR) is 157 cm³/mol. The van der Waals surface area contributed by atoms with E-state index in [1.807, 2.05) is 32.0 Å². The minimum atomic E-state index is -1.10. The SMILES string of the molecule is Cc1ccc(C(C(=O)NC2CCCCC2)N(CCO)C(=O)C(Cc2ccc(O)cc2)NC(=O)OC(C)(C)C)c(C)c1. The molecule has 2 atom stereocenters. The molecule has 0 aromatic heterocycles. The van der Waals surface area contributed by atoms with Gasteiger partial charge in [0.25, 0.3) is 0 Å². The second kappa shape index (κ2) is 14.3. The summed E-state index contributed by atoms with van der Waals surface area (Å²) >= 11 is 0. The third kappa shape index (κ3) is 9.49. The molecular formula is C32H45N3O6. The minimum absolute atomic E-state index is 0.0169. The van der Waals surface area contributed by atoms with E-state index in [1.54, 1.807) is 32.9 Å². The quantitative estimate of drug-likeness (QED) is 0.336. The smallest absolute Gasteiger partial charge is 0.408 e. The Bertz CT molecular complexity index is 1180. The molecule has 3 rings (SSSR count). The highest BCUT2D eigenvalue weighted by Crippen LogP contribution is 2.28. The van der Waals surface area contributed by atoms with Crippen LogP contribution in [0.3, 0.4) is 0 Å². The molecule has 3 amide bonds. The van der Waals surface area contributed by atoms with Crippen LogP contribution in [0, 0.1) is 13.8 Å². The molecule has 0 aliphatic heterocycles. The Morgan fingerprint density at radius 2 is 1.68 bits per heavy atom. The van der Waals surface area contributed by atoms with Crippen molar-refractivity contribution in [3.8, 4) is 5.75 Å². The number of nitrogens with one attached hydrogen (secondary N) is 2. The molecular weight excluding hydrogens is 522 g/mol. The number of aliphatic hydroxyl groups excluding tert-OH is 1. The Labute approximate surface area is 243 Å². The van der Waals surface area contributed by atoms with Gasteiger partial charge in [-0.1, -0.05) is 55.2 Å². The second-order valence-electron chi connectivity index (χ2n) is 11.9. The van der Waals surface area contributed by atoms with Gasteiger partial charge >= 0.3 is 6.09 Å². The summed E-state index contributed by atoms with van der Waals surface area (Å²) in [5.74, 6) is -0.763. The highest BCUT2D eigenvalue weighted by molar-refractivity contribution is 5.92. The Morgan fingerprint density at radius 1 is 1.02 bits per heavy atom. The average molecular weight is 568 g/mol. The van der Waals surface area contributed by atoms with E-state index in [1.165, 1.54) is 17.0 Å². The molecule has 9 nitrogen and oxygen atoms in total. The van der Waals surface area contributed by atoms with E-state index in [2.05, 4.69) is 10.6 Å². The molecule has 0 heterocycles. The van der Waals surface area contributed by atoms with Crippen LogP contribution >= 0.6 is 0 Å². The molecule has 0 spiro atoms. The van der Waals surface area contributed by atoms with Gasteiger partial charge in [-0.05, 0) is 76.3 Å². The number of hydrogen-bond donors (Lipinski definition) is 4. The van der Waals surface area contributed by atoms with Gasteiger partial charge in [0.05, 0.1) is 6.61 Å². The fraction of sp³-hybridized carbons (Fsp3) is 0.531. The number of alkyl carbamates (subject to hydrolysis) is 1. The summed E-state index contributed by atoms with van der Waals surface area (Å²) in [5.41, 5.74) is 2.43. The molecule has 1 saturated carbocycles. The van der Waals surface area contributed by atoms with Crippen LogP contribution in [0.25, 0.3) is 0 Å². The van der Waals surface area contributed by atoms with Gasteiger partial charge in [-0.25, -0.2) is 4.79 Å². The predicted octanol–water partition coefficient (Wildman–Crippen LogP) is 4.46. The lowest BCUT2D eigenvalue weighted by molar-refractivity contribution is -0.143. The molecule has 2 unspecified atom stereocenters. The normalized spacial score (nSPS) is 15.5. The number of phenols is 1. The Morgan fingerprint density at radius 3 is 2.27 bits per heavy atom. The van der Waals surface area contributed by atoms with Gasteiger partial charge in [-0.2, -0.15) is 0 Å². The molecule has 41 heavy (non-hydrogen) atoms.